The number of ether oxygens (including phenoxy) is 1. The molecule has 0 bridgehead atoms. The summed E-state index contributed by atoms with van der Waals surface area (Å²) in [5.74, 6) is -0.451. The molecule has 0 aromatic rings. The molecule has 2 amide bonds. The molecule has 0 aromatic carbocycles. The molecule has 2 N–H and O–H groups in total. The van der Waals surface area contributed by atoms with Crippen molar-refractivity contribution in [3.63, 3.8) is 0 Å². The molecule has 2 aliphatic heterocycles. The third kappa shape index (κ3) is 2.35. The molecule has 5 heteroatoms. The summed E-state index contributed by atoms with van der Waals surface area (Å²) < 4.78 is 5.36. The van der Waals surface area contributed by atoms with Gasteiger partial charge in [-0.05, 0) is 25.7 Å². The van der Waals surface area contributed by atoms with Crippen LogP contribution in [0.25, 0.3) is 0 Å². The summed E-state index contributed by atoms with van der Waals surface area (Å²) in [4.78, 5) is 24.8. The molecule has 0 spiro atoms. The van der Waals surface area contributed by atoms with Crippen molar-refractivity contribution in [2.24, 2.45) is 11.7 Å². The maximum Gasteiger partial charge on any atom is 0.251 e. The van der Waals surface area contributed by atoms with Crippen molar-refractivity contribution in [2.75, 3.05) is 19.7 Å². The number of rotatable bonds is 2. The van der Waals surface area contributed by atoms with Crippen molar-refractivity contribution in [1.29, 1.82) is 0 Å². The van der Waals surface area contributed by atoms with E-state index in [0.29, 0.717) is 13.2 Å². The van der Waals surface area contributed by atoms with Crippen molar-refractivity contribution < 1.29 is 14.3 Å². The van der Waals surface area contributed by atoms with Crippen LogP contribution < -0.4 is 5.73 Å². The number of nitrogens with two attached hydrogens (primary N) is 1. The van der Waals surface area contributed by atoms with E-state index in [2.05, 4.69) is 0 Å². The topological polar surface area (TPSA) is 72.6 Å². The Morgan fingerprint density at radius 2 is 2.06 bits per heavy atom. The highest BCUT2D eigenvalue weighted by molar-refractivity contribution is 5.83. The summed E-state index contributed by atoms with van der Waals surface area (Å²) in [6, 6.07) is 0. The molecule has 2 aliphatic rings. The molecule has 2 saturated heterocycles. The summed E-state index contributed by atoms with van der Waals surface area (Å²) >= 11 is 0. The Morgan fingerprint density at radius 1 is 1.25 bits per heavy atom. The second-order valence-electron chi connectivity index (χ2n) is 4.53. The van der Waals surface area contributed by atoms with Crippen LogP contribution in [-0.4, -0.2) is 42.5 Å². The van der Waals surface area contributed by atoms with Gasteiger partial charge in [-0.2, -0.15) is 0 Å². The lowest BCUT2D eigenvalue weighted by Gasteiger charge is -2.32. The van der Waals surface area contributed by atoms with Gasteiger partial charge in [0.05, 0.1) is 5.92 Å². The number of hydrogen-bond acceptors (Lipinski definition) is 3. The fraction of sp³-hybridized carbons (Fsp3) is 0.818. The number of carbonyl (C=O) groups is 2. The van der Waals surface area contributed by atoms with Gasteiger partial charge in [0.25, 0.3) is 5.91 Å². The quantitative estimate of drug-likeness (QED) is 0.714. The van der Waals surface area contributed by atoms with E-state index in [1.807, 2.05) is 0 Å². The second-order valence-corrected chi connectivity index (χ2v) is 4.53. The van der Waals surface area contributed by atoms with Gasteiger partial charge in [-0.25, -0.2) is 0 Å². The van der Waals surface area contributed by atoms with E-state index in [-0.39, 0.29) is 23.8 Å². The van der Waals surface area contributed by atoms with Crippen LogP contribution in [-0.2, 0) is 14.3 Å². The zero-order chi connectivity index (χ0) is 11.5. The average Bonchev–Trinajstić information content (AvgIpc) is 2.81. The Kier molecular flexibility index (Phi) is 3.43. The molecule has 0 saturated carbocycles. The maximum atomic E-state index is 12.0. The zero-order valence-electron chi connectivity index (χ0n) is 9.35. The van der Waals surface area contributed by atoms with Crippen LogP contribution in [0.2, 0.25) is 0 Å². The molecule has 16 heavy (non-hydrogen) atoms. The molecule has 5 nitrogen and oxygen atoms in total. The van der Waals surface area contributed by atoms with Crippen LogP contribution in [0.4, 0.5) is 0 Å². The van der Waals surface area contributed by atoms with Gasteiger partial charge < -0.3 is 15.4 Å². The molecule has 2 rings (SSSR count). The van der Waals surface area contributed by atoms with Gasteiger partial charge >= 0.3 is 0 Å². The van der Waals surface area contributed by atoms with E-state index >= 15 is 0 Å². The SMILES string of the molecule is NC(=O)C1CCCN(C(=O)C2CCCO2)C1. The van der Waals surface area contributed by atoms with E-state index in [0.717, 1.165) is 32.2 Å². The minimum atomic E-state index is -0.301. The third-order valence-electron chi connectivity index (χ3n) is 3.34. The van der Waals surface area contributed by atoms with Crippen molar-refractivity contribution in [2.45, 2.75) is 31.8 Å². The second kappa shape index (κ2) is 4.82. The molecular formula is C11H18N2O3. The summed E-state index contributed by atoms with van der Waals surface area (Å²) in [6.07, 6.45) is 3.11. The Labute approximate surface area is 94.9 Å². The number of piperidine rings is 1. The largest absolute Gasteiger partial charge is 0.369 e. The summed E-state index contributed by atoms with van der Waals surface area (Å²) in [6.45, 7) is 1.86. The Balaban J connectivity index is 1.93. The molecule has 0 radical (unpaired) electrons. The first kappa shape index (κ1) is 11.4. The van der Waals surface area contributed by atoms with Gasteiger partial charge in [0.15, 0.2) is 0 Å². The van der Waals surface area contributed by atoms with Crippen LogP contribution >= 0.6 is 0 Å². The lowest BCUT2D eigenvalue weighted by atomic mass is 9.97. The first-order chi connectivity index (χ1) is 7.68. The van der Waals surface area contributed by atoms with E-state index in [4.69, 9.17) is 10.5 Å². The maximum absolute atomic E-state index is 12.0. The summed E-state index contributed by atoms with van der Waals surface area (Å²) in [7, 11) is 0. The van der Waals surface area contributed by atoms with Crippen molar-refractivity contribution in [3.05, 3.63) is 0 Å². The van der Waals surface area contributed by atoms with Gasteiger partial charge in [0, 0.05) is 19.7 Å². The fourth-order valence-corrected chi connectivity index (χ4v) is 2.39. The number of nitrogens with zero attached hydrogens (tertiary/aromatic N) is 1. The molecule has 2 unspecified atom stereocenters. The van der Waals surface area contributed by atoms with Gasteiger partial charge in [-0.1, -0.05) is 0 Å². The van der Waals surface area contributed by atoms with Crippen molar-refractivity contribution >= 4 is 11.8 Å². The standard InChI is InChI=1S/C11H18N2O3/c12-10(14)8-3-1-5-13(7-8)11(15)9-4-2-6-16-9/h8-9H,1-7H2,(H2,12,14). The molecule has 0 aliphatic carbocycles. The monoisotopic (exact) mass is 226 g/mol. The number of amides is 2. The highest BCUT2D eigenvalue weighted by atomic mass is 16.5. The zero-order valence-corrected chi connectivity index (χ0v) is 9.35. The predicted octanol–water partition coefficient (Wildman–Crippen LogP) is -0.111. The van der Waals surface area contributed by atoms with Gasteiger partial charge in [-0.15, -0.1) is 0 Å². The van der Waals surface area contributed by atoms with Crippen LogP contribution in [0.15, 0.2) is 0 Å². The normalized spacial score (nSPS) is 30.4. The molecule has 90 valence electrons. The predicted molar refractivity (Wildman–Crippen MR) is 57.5 cm³/mol. The van der Waals surface area contributed by atoms with E-state index in [1.165, 1.54) is 0 Å². The molecule has 0 aromatic heterocycles. The smallest absolute Gasteiger partial charge is 0.251 e. The van der Waals surface area contributed by atoms with E-state index < -0.39 is 0 Å². The van der Waals surface area contributed by atoms with Gasteiger partial charge in [-0.3, -0.25) is 9.59 Å². The van der Waals surface area contributed by atoms with Gasteiger partial charge in [0.2, 0.25) is 5.91 Å². The molecule has 2 atom stereocenters. The minimum Gasteiger partial charge on any atom is -0.369 e. The van der Waals surface area contributed by atoms with E-state index in [1.54, 1.807) is 4.90 Å². The summed E-state index contributed by atoms with van der Waals surface area (Å²) in [5.41, 5.74) is 5.27. The number of carbonyl (C=O) groups excluding carboxylic acids is 2. The van der Waals surface area contributed by atoms with Crippen molar-refractivity contribution in [3.8, 4) is 0 Å². The van der Waals surface area contributed by atoms with Gasteiger partial charge in [0.1, 0.15) is 6.10 Å². The van der Waals surface area contributed by atoms with Crippen LogP contribution in [0.3, 0.4) is 0 Å². The summed E-state index contributed by atoms with van der Waals surface area (Å²) in [5, 5.41) is 0. The van der Waals surface area contributed by atoms with E-state index in [9.17, 15) is 9.59 Å². The fourth-order valence-electron chi connectivity index (χ4n) is 2.39. The number of primary amides is 1. The van der Waals surface area contributed by atoms with Crippen molar-refractivity contribution in [1.82, 2.24) is 4.90 Å². The number of likely N-dealkylation sites (tertiary alicyclic amines) is 1. The first-order valence-corrected chi connectivity index (χ1v) is 5.88. The average molecular weight is 226 g/mol. The number of hydrogen-bond donors (Lipinski definition) is 1. The minimum absolute atomic E-state index is 0.0310. The molecule has 2 fully saturated rings. The highest BCUT2D eigenvalue weighted by Gasteiger charge is 2.32. The van der Waals surface area contributed by atoms with Crippen LogP contribution in [0, 0.1) is 5.92 Å². The molecule has 2 heterocycles. The third-order valence-corrected chi connectivity index (χ3v) is 3.34. The Bertz CT molecular complexity index is 287. The lowest BCUT2D eigenvalue weighted by molar-refractivity contribution is -0.143. The first-order valence-electron chi connectivity index (χ1n) is 5.88. The Hall–Kier alpha value is -1.10. The lowest BCUT2D eigenvalue weighted by Crippen LogP contribution is -2.47. The highest BCUT2D eigenvalue weighted by Crippen LogP contribution is 2.20. The Morgan fingerprint density at radius 3 is 2.69 bits per heavy atom. The van der Waals surface area contributed by atoms with Crippen LogP contribution in [0.1, 0.15) is 25.7 Å². The molecular weight excluding hydrogens is 208 g/mol. The van der Waals surface area contributed by atoms with Crippen LogP contribution in [0.5, 0.6) is 0 Å².